The average molecular weight is 373 g/mol. The number of rotatable bonds is 5. The van der Waals surface area contributed by atoms with Gasteiger partial charge in [-0.2, -0.15) is 5.10 Å². The summed E-state index contributed by atoms with van der Waals surface area (Å²) >= 11 is 5.45. The van der Waals surface area contributed by atoms with Crippen LogP contribution in [0.5, 0.6) is 0 Å². The van der Waals surface area contributed by atoms with E-state index >= 15 is 0 Å². The lowest BCUT2D eigenvalue weighted by Crippen LogP contribution is -2.06. The second kappa shape index (κ2) is 10.4. The van der Waals surface area contributed by atoms with Gasteiger partial charge in [0.2, 0.25) is 0 Å². The van der Waals surface area contributed by atoms with Crippen molar-refractivity contribution in [2.24, 2.45) is 5.73 Å². The van der Waals surface area contributed by atoms with Gasteiger partial charge in [0.1, 0.15) is 0 Å². The van der Waals surface area contributed by atoms with Crippen LogP contribution in [0.4, 0.5) is 0 Å². The van der Waals surface area contributed by atoms with E-state index in [-0.39, 0.29) is 0 Å². The fourth-order valence-corrected chi connectivity index (χ4v) is 2.75. The highest BCUT2D eigenvalue weighted by molar-refractivity contribution is 7.71. The molecule has 0 bridgehead atoms. The van der Waals surface area contributed by atoms with Gasteiger partial charge in [-0.1, -0.05) is 45.0 Å². The summed E-state index contributed by atoms with van der Waals surface area (Å²) in [5, 5.41) is 16.0. The predicted octanol–water partition coefficient (Wildman–Crippen LogP) is 5.14. The number of nitrogens with one attached hydrogen (secondary N) is 1. The molecule has 5 nitrogen and oxygen atoms in total. The Morgan fingerprint density at radius 3 is 2.65 bits per heavy atom. The number of nitrogens with zero attached hydrogens (tertiary/aromatic N) is 2. The predicted molar refractivity (Wildman–Crippen MR) is 112 cm³/mol. The van der Waals surface area contributed by atoms with E-state index in [0.29, 0.717) is 10.5 Å². The molecule has 1 aromatic heterocycles. The quantitative estimate of drug-likeness (QED) is 0.385. The first-order valence-electron chi connectivity index (χ1n) is 8.71. The minimum absolute atomic E-state index is 0.447. The van der Waals surface area contributed by atoms with E-state index in [9.17, 15) is 0 Å². The van der Waals surface area contributed by atoms with Crippen LogP contribution in [0.2, 0.25) is 0 Å². The van der Waals surface area contributed by atoms with Crippen molar-refractivity contribution >= 4 is 17.8 Å². The molecule has 2 rings (SSSR count). The summed E-state index contributed by atoms with van der Waals surface area (Å²) in [6, 6.07) is 6.22. The zero-order valence-corrected chi connectivity index (χ0v) is 16.9. The third-order valence-corrected chi connectivity index (χ3v) is 4.02. The molecule has 0 aliphatic carbocycles. The fraction of sp³-hybridized carbons (Fsp3) is 0.300. The maximum absolute atomic E-state index is 8.75. The van der Waals surface area contributed by atoms with Crippen molar-refractivity contribution in [1.29, 1.82) is 0 Å². The van der Waals surface area contributed by atoms with Crippen LogP contribution in [-0.4, -0.2) is 19.9 Å². The average Bonchev–Trinajstić information content (AvgIpc) is 3.02. The van der Waals surface area contributed by atoms with E-state index < -0.39 is 0 Å². The SMILES string of the molecule is CC.CCc1cccc(C)c1-n1c(/C(C)=C/C=C(N)\C=C\O)n[nH]c1=S. The molecule has 1 aromatic carbocycles. The summed E-state index contributed by atoms with van der Waals surface area (Å²) in [4.78, 5) is 0. The zero-order chi connectivity index (χ0) is 19.7. The lowest BCUT2D eigenvalue weighted by molar-refractivity contribution is 0.473. The highest BCUT2D eigenvalue weighted by Gasteiger charge is 2.14. The van der Waals surface area contributed by atoms with Gasteiger partial charge in [-0.15, -0.1) is 0 Å². The Hall–Kier alpha value is -2.60. The molecule has 0 unspecified atom stereocenters. The summed E-state index contributed by atoms with van der Waals surface area (Å²) in [7, 11) is 0. The first-order chi connectivity index (χ1) is 12.5. The van der Waals surface area contributed by atoms with Gasteiger partial charge in [0.25, 0.3) is 0 Å². The Morgan fingerprint density at radius 1 is 1.35 bits per heavy atom. The summed E-state index contributed by atoms with van der Waals surface area (Å²) in [5.74, 6) is 0.737. The Kier molecular flexibility index (Phi) is 8.58. The van der Waals surface area contributed by atoms with Crippen molar-refractivity contribution in [2.45, 2.75) is 41.0 Å². The maximum atomic E-state index is 8.75. The van der Waals surface area contributed by atoms with Gasteiger partial charge in [-0.05, 0) is 61.3 Å². The number of hydrogen-bond acceptors (Lipinski definition) is 4. The summed E-state index contributed by atoms with van der Waals surface area (Å²) in [6.07, 6.45) is 6.78. The molecule has 1 heterocycles. The van der Waals surface area contributed by atoms with Gasteiger partial charge < -0.3 is 10.8 Å². The minimum atomic E-state index is 0.447. The van der Waals surface area contributed by atoms with Crippen LogP contribution in [0.1, 0.15) is 44.6 Å². The Labute approximate surface area is 160 Å². The standard InChI is InChI=1S/C18H22N4OS.C2H6/c1-4-14-7-5-6-12(2)16(14)22-17(20-21-18(22)24)13(3)8-9-15(19)10-11-23;1-2/h5-11,23H,4,19H2,1-3H3,(H,21,24);1-2H3/b11-10+,13-8+,15-9+;. The molecule has 0 atom stereocenters. The van der Waals surface area contributed by atoms with E-state index in [2.05, 4.69) is 36.2 Å². The van der Waals surface area contributed by atoms with Crippen LogP contribution in [0.25, 0.3) is 11.3 Å². The van der Waals surface area contributed by atoms with E-state index in [1.165, 1.54) is 11.6 Å². The van der Waals surface area contributed by atoms with Gasteiger partial charge in [-0.3, -0.25) is 9.67 Å². The number of para-hydroxylation sites is 1. The molecule has 0 aliphatic rings. The summed E-state index contributed by atoms with van der Waals surface area (Å²) in [6.45, 7) is 10.1. The highest BCUT2D eigenvalue weighted by Crippen LogP contribution is 2.24. The molecule has 26 heavy (non-hydrogen) atoms. The molecule has 0 amide bonds. The molecule has 0 saturated heterocycles. The molecule has 0 radical (unpaired) electrons. The molecule has 0 spiro atoms. The summed E-state index contributed by atoms with van der Waals surface area (Å²) in [5.41, 5.74) is 10.5. The largest absolute Gasteiger partial charge is 0.516 e. The Morgan fingerprint density at radius 2 is 2.04 bits per heavy atom. The van der Waals surface area contributed by atoms with Gasteiger partial charge in [0, 0.05) is 5.70 Å². The smallest absolute Gasteiger partial charge is 0.200 e. The van der Waals surface area contributed by atoms with Crippen molar-refractivity contribution < 1.29 is 5.11 Å². The number of aromatic nitrogens is 3. The molecular formula is C20H28N4OS. The van der Waals surface area contributed by atoms with Crippen LogP contribution < -0.4 is 5.73 Å². The van der Waals surface area contributed by atoms with Crippen molar-refractivity contribution in [3.63, 3.8) is 0 Å². The normalized spacial score (nSPS) is 12.2. The monoisotopic (exact) mass is 372 g/mol. The van der Waals surface area contributed by atoms with Crippen LogP contribution in [-0.2, 0) is 6.42 Å². The molecule has 2 aromatic rings. The van der Waals surface area contributed by atoms with Gasteiger partial charge in [0.15, 0.2) is 10.6 Å². The Balaban J connectivity index is 0.00000163. The molecule has 0 aliphatic heterocycles. The molecule has 0 fully saturated rings. The van der Waals surface area contributed by atoms with Gasteiger partial charge in [-0.25, -0.2) is 0 Å². The van der Waals surface area contributed by atoms with Crippen molar-refractivity contribution in [1.82, 2.24) is 14.8 Å². The number of hydrogen-bond donors (Lipinski definition) is 3. The number of aryl methyl sites for hydroxylation is 2. The van der Waals surface area contributed by atoms with Crippen LogP contribution >= 0.6 is 12.2 Å². The van der Waals surface area contributed by atoms with Gasteiger partial charge in [0.05, 0.1) is 11.9 Å². The molecule has 6 heteroatoms. The lowest BCUT2D eigenvalue weighted by Gasteiger charge is -2.14. The number of nitrogens with two attached hydrogens (primary N) is 1. The van der Waals surface area contributed by atoms with Gasteiger partial charge >= 0.3 is 0 Å². The third kappa shape index (κ3) is 4.95. The van der Waals surface area contributed by atoms with E-state index in [4.69, 9.17) is 23.1 Å². The third-order valence-electron chi connectivity index (χ3n) is 3.74. The number of aromatic amines is 1. The maximum Gasteiger partial charge on any atom is 0.200 e. The van der Waals surface area contributed by atoms with E-state index in [0.717, 1.165) is 35.3 Å². The number of benzene rings is 1. The van der Waals surface area contributed by atoms with Crippen LogP contribution in [0.3, 0.4) is 0 Å². The fourth-order valence-electron chi connectivity index (χ4n) is 2.53. The first kappa shape index (κ1) is 21.4. The minimum Gasteiger partial charge on any atom is -0.516 e. The van der Waals surface area contributed by atoms with E-state index in [1.807, 2.05) is 37.5 Å². The highest BCUT2D eigenvalue weighted by atomic mass is 32.1. The second-order valence-corrected chi connectivity index (χ2v) is 5.84. The zero-order valence-electron chi connectivity index (χ0n) is 16.1. The molecular weight excluding hydrogens is 344 g/mol. The van der Waals surface area contributed by atoms with Crippen molar-refractivity contribution in [3.05, 3.63) is 70.1 Å². The summed E-state index contributed by atoms with van der Waals surface area (Å²) < 4.78 is 2.51. The number of H-pyrrole nitrogens is 1. The molecule has 0 saturated carbocycles. The topological polar surface area (TPSA) is 79.9 Å². The lowest BCUT2D eigenvalue weighted by atomic mass is 10.1. The number of aliphatic hydroxyl groups is 1. The first-order valence-corrected chi connectivity index (χ1v) is 9.11. The van der Waals surface area contributed by atoms with Crippen LogP contribution in [0, 0.1) is 11.7 Å². The van der Waals surface area contributed by atoms with Crippen LogP contribution in [0.15, 0.2) is 48.4 Å². The molecule has 4 N–H and O–H groups in total. The Bertz CT molecular complexity index is 872. The van der Waals surface area contributed by atoms with Crippen molar-refractivity contribution in [3.8, 4) is 5.69 Å². The second-order valence-electron chi connectivity index (χ2n) is 5.46. The number of aliphatic hydroxyl groups excluding tert-OH is 1. The van der Waals surface area contributed by atoms with Crippen molar-refractivity contribution in [2.75, 3.05) is 0 Å². The number of allylic oxidation sites excluding steroid dienone is 4. The van der Waals surface area contributed by atoms with E-state index in [1.54, 1.807) is 6.08 Å². The molecule has 140 valence electrons.